The third-order valence-electron chi connectivity index (χ3n) is 8.31. The summed E-state index contributed by atoms with van der Waals surface area (Å²) in [4.78, 5) is 54.5. The number of hydrogen-bond donors (Lipinski definition) is 1. The lowest BCUT2D eigenvalue weighted by Gasteiger charge is -2.37. The van der Waals surface area contributed by atoms with Crippen LogP contribution in [0.3, 0.4) is 0 Å². The maximum absolute atomic E-state index is 13.7. The summed E-state index contributed by atoms with van der Waals surface area (Å²) in [7, 11) is 0. The molecule has 37 heavy (non-hydrogen) atoms. The number of likely N-dealkylation sites (tertiary alicyclic amines) is 1. The van der Waals surface area contributed by atoms with Crippen molar-refractivity contribution in [1.82, 2.24) is 4.90 Å². The smallest absolute Gasteiger partial charge is 0.338 e. The van der Waals surface area contributed by atoms with Crippen LogP contribution in [0.5, 0.6) is 0 Å². The molecule has 3 fully saturated rings. The van der Waals surface area contributed by atoms with Gasteiger partial charge in [0.15, 0.2) is 0 Å². The normalized spacial score (nSPS) is 29.6. The van der Waals surface area contributed by atoms with Gasteiger partial charge in [0.2, 0.25) is 17.7 Å². The topological polar surface area (TPSA) is 92.8 Å². The summed E-state index contributed by atoms with van der Waals surface area (Å²) in [6.07, 6.45) is 5.35. The van der Waals surface area contributed by atoms with Crippen LogP contribution in [0.1, 0.15) is 36.2 Å². The molecule has 0 spiro atoms. The molecular formula is C30H30N2O5. The van der Waals surface area contributed by atoms with E-state index in [1.807, 2.05) is 30.3 Å². The van der Waals surface area contributed by atoms with Crippen LogP contribution in [-0.2, 0) is 25.5 Å². The van der Waals surface area contributed by atoms with Crippen molar-refractivity contribution >= 4 is 29.4 Å². The lowest BCUT2D eigenvalue weighted by Crippen LogP contribution is -2.49. The Kier molecular flexibility index (Phi) is 5.74. The Morgan fingerprint density at radius 2 is 1.51 bits per heavy atom. The number of carbonyl (C=O) groups excluding carboxylic acids is 4. The zero-order chi connectivity index (χ0) is 25.8. The average Bonchev–Trinajstić information content (AvgIpc) is 3.67. The highest BCUT2D eigenvalue weighted by atomic mass is 16.5. The van der Waals surface area contributed by atoms with Crippen LogP contribution in [-0.4, -0.2) is 40.7 Å². The first-order valence-corrected chi connectivity index (χ1v) is 13.0. The Morgan fingerprint density at radius 3 is 2.08 bits per heavy atom. The minimum atomic E-state index is -0.964. The molecule has 7 heteroatoms. The first-order chi connectivity index (χ1) is 17.8. The van der Waals surface area contributed by atoms with Gasteiger partial charge in [0.05, 0.1) is 23.5 Å². The molecule has 1 N–H and O–H groups in total. The molecule has 7 nitrogen and oxygen atoms in total. The van der Waals surface area contributed by atoms with Crippen molar-refractivity contribution in [2.45, 2.75) is 38.8 Å². The predicted octanol–water partition coefficient (Wildman–Crippen LogP) is 3.85. The Hall–Kier alpha value is -3.74. The van der Waals surface area contributed by atoms with Gasteiger partial charge in [0.25, 0.3) is 0 Å². The Bertz CT molecular complexity index is 1250. The van der Waals surface area contributed by atoms with Crippen LogP contribution in [0.15, 0.2) is 66.7 Å². The summed E-state index contributed by atoms with van der Waals surface area (Å²) in [5, 5.41) is 2.87. The van der Waals surface area contributed by atoms with Gasteiger partial charge in [-0.05, 0) is 73.8 Å². The van der Waals surface area contributed by atoms with E-state index in [4.69, 9.17) is 4.74 Å². The molecule has 2 saturated carbocycles. The van der Waals surface area contributed by atoms with E-state index in [9.17, 15) is 19.2 Å². The molecule has 4 aliphatic carbocycles. The molecule has 0 unspecified atom stereocenters. The van der Waals surface area contributed by atoms with Gasteiger partial charge in [0.1, 0.15) is 6.04 Å². The van der Waals surface area contributed by atoms with Crippen molar-refractivity contribution in [1.29, 1.82) is 0 Å². The van der Waals surface area contributed by atoms with Crippen LogP contribution < -0.4 is 5.32 Å². The summed E-state index contributed by atoms with van der Waals surface area (Å²) in [5.41, 5.74) is 1.72. The summed E-state index contributed by atoms with van der Waals surface area (Å²) in [6.45, 7) is 3.56. The van der Waals surface area contributed by atoms with Crippen molar-refractivity contribution in [2.75, 3.05) is 5.32 Å². The highest BCUT2D eigenvalue weighted by Gasteiger charge is 2.67. The fourth-order valence-corrected chi connectivity index (χ4v) is 6.62. The largest absolute Gasteiger partial charge is 0.459 e. The first-order valence-electron chi connectivity index (χ1n) is 13.0. The summed E-state index contributed by atoms with van der Waals surface area (Å²) < 4.78 is 5.22. The lowest BCUT2D eigenvalue weighted by atomic mass is 9.63. The first kappa shape index (κ1) is 23.6. The third kappa shape index (κ3) is 4.06. The van der Waals surface area contributed by atoms with E-state index in [0.717, 1.165) is 12.0 Å². The number of amides is 3. The number of carbonyl (C=O) groups is 4. The summed E-state index contributed by atoms with van der Waals surface area (Å²) >= 11 is 0. The second-order valence-electron chi connectivity index (χ2n) is 10.9. The Balaban J connectivity index is 1.26. The zero-order valence-corrected chi connectivity index (χ0v) is 20.9. The summed E-state index contributed by atoms with van der Waals surface area (Å²) in [6, 6.07) is 14.9. The highest BCUT2D eigenvalue weighted by molar-refractivity contribution is 6.10. The standard InChI is InChI=1S/C30H30N2O5/c1-16(2)37-30(36)18-8-10-19(11-9-18)31-27(33)24(14-17-6-4-3-5-7-17)32-28(34)25-20-12-13-21(23-15-22(20)23)26(25)29(32)35/h3-13,16,20-26H,14-15H2,1-2H3,(H,31,33)/t20-,21-,22-,23-,24-,25-,26+/m0/s1. The molecule has 1 saturated heterocycles. The fraction of sp³-hybridized carbons (Fsp3) is 0.400. The van der Waals surface area contributed by atoms with Crippen LogP contribution >= 0.6 is 0 Å². The van der Waals surface area contributed by atoms with E-state index in [1.165, 1.54) is 4.90 Å². The number of nitrogens with zero attached hydrogens (tertiary/aromatic N) is 1. The molecule has 190 valence electrons. The second kappa shape index (κ2) is 8.98. The van der Waals surface area contributed by atoms with E-state index in [0.29, 0.717) is 23.1 Å². The van der Waals surface area contributed by atoms with Gasteiger partial charge >= 0.3 is 5.97 Å². The van der Waals surface area contributed by atoms with Gasteiger partial charge in [-0.3, -0.25) is 19.3 Å². The number of nitrogens with one attached hydrogen (secondary N) is 1. The second-order valence-corrected chi connectivity index (χ2v) is 10.9. The van der Waals surface area contributed by atoms with Gasteiger partial charge in [0, 0.05) is 12.1 Å². The number of esters is 1. The number of allylic oxidation sites excluding steroid dienone is 2. The van der Waals surface area contributed by atoms with E-state index in [1.54, 1.807) is 38.1 Å². The molecule has 3 amide bonds. The number of ether oxygens (including phenoxy) is 1. The third-order valence-corrected chi connectivity index (χ3v) is 8.31. The Morgan fingerprint density at radius 1 is 0.919 bits per heavy atom. The van der Waals surface area contributed by atoms with Crippen molar-refractivity contribution in [2.24, 2.45) is 35.5 Å². The van der Waals surface area contributed by atoms with Gasteiger partial charge in [-0.2, -0.15) is 0 Å². The van der Waals surface area contributed by atoms with E-state index < -0.39 is 17.9 Å². The average molecular weight is 499 g/mol. The molecule has 2 bridgehead atoms. The summed E-state index contributed by atoms with van der Waals surface area (Å²) in [5.74, 6) is -0.831. The SMILES string of the molecule is CC(C)OC(=O)c1ccc(NC(=O)[C@H](Cc2ccccc2)N2C(=O)[C@@H]3[C@H]4C=C[C@@H]([C@@H]5C[C@@H]45)[C@@H]3C2=O)cc1. The molecule has 5 aliphatic rings. The predicted molar refractivity (Wildman–Crippen MR) is 136 cm³/mol. The van der Waals surface area contributed by atoms with Gasteiger partial charge in [-0.1, -0.05) is 42.5 Å². The molecule has 2 aromatic carbocycles. The number of rotatable bonds is 7. The highest BCUT2D eigenvalue weighted by Crippen LogP contribution is 2.65. The molecule has 7 atom stereocenters. The van der Waals surface area contributed by atoms with Crippen LogP contribution in [0.2, 0.25) is 0 Å². The van der Waals surface area contributed by atoms with Gasteiger partial charge < -0.3 is 10.1 Å². The van der Waals surface area contributed by atoms with Crippen LogP contribution in [0.25, 0.3) is 0 Å². The number of hydrogen-bond acceptors (Lipinski definition) is 5. The number of benzene rings is 2. The molecule has 0 radical (unpaired) electrons. The van der Waals surface area contributed by atoms with E-state index in [2.05, 4.69) is 17.5 Å². The van der Waals surface area contributed by atoms with Crippen LogP contribution in [0.4, 0.5) is 5.69 Å². The maximum atomic E-state index is 13.7. The molecular weight excluding hydrogens is 468 g/mol. The van der Waals surface area contributed by atoms with Crippen molar-refractivity contribution in [3.05, 3.63) is 77.9 Å². The Labute approximate surface area is 215 Å². The van der Waals surface area contributed by atoms with Crippen molar-refractivity contribution in [3.63, 3.8) is 0 Å². The lowest BCUT2D eigenvalue weighted by molar-refractivity contribution is -0.146. The minimum absolute atomic E-state index is 0.0972. The molecule has 0 aromatic heterocycles. The molecule has 1 heterocycles. The quantitative estimate of drug-likeness (QED) is 0.356. The maximum Gasteiger partial charge on any atom is 0.338 e. The molecule has 2 aromatic rings. The monoisotopic (exact) mass is 498 g/mol. The van der Waals surface area contributed by atoms with E-state index in [-0.39, 0.29) is 48.0 Å². The fourth-order valence-electron chi connectivity index (χ4n) is 6.62. The van der Waals surface area contributed by atoms with E-state index >= 15 is 0 Å². The van der Waals surface area contributed by atoms with Gasteiger partial charge in [-0.25, -0.2) is 4.79 Å². The van der Waals surface area contributed by atoms with Crippen LogP contribution in [0, 0.1) is 35.5 Å². The zero-order valence-electron chi connectivity index (χ0n) is 20.9. The molecule has 7 rings (SSSR count). The van der Waals surface area contributed by atoms with Crippen molar-refractivity contribution < 1.29 is 23.9 Å². The van der Waals surface area contributed by atoms with Crippen molar-refractivity contribution in [3.8, 4) is 0 Å². The minimum Gasteiger partial charge on any atom is -0.459 e. The number of anilines is 1. The van der Waals surface area contributed by atoms with Gasteiger partial charge in [-0.15, -0.1) is 0 Å². The molecule has 1 aliphatic heterocycles. The number of imide groups is 1.